The molecular formula is C10H21N. The van der Waals surface area contributed by atoms with Crippen molar-refractivity contribution in [3.63, 3.8) is 0 Å². The van der Waals surface area contributed by atoms with Gasteiger partial charge in [0.25, 0.3) is 0 Å². The molecule has 0 aliphatic heterocycles. The molecule has 1 rings (SSSR count). The van der Waals surface area contributed by atoms with Gasteiger partial charge in [-0.2, -0.15) is 0 Å². The molecule has 1 saturated carbocycles. The van der Waals surface area contributed by atoms with E-state index < -0.39 is 0 Å². The van der Waals surface area contributed by atoms with Crippen molar-refractivity contribution in [2.45, 2.75) is 57.9 Å². The molecule has 2 atom stereocenters. The summed E-state index contributed by atoms with van der Waals surface area (Å²) in [6, 6.07) is 0.512. The molecule has 0 aromatic carbocycles. The van der Waals surface area contributed by atoms with Gasteiger partial charge in [-0.15, -0.1) is 0 Å². The van der Waals surface area contributed by atoms with Crippen LogP contribution in [-0.4, -0.2) is 6.04 Å². The maximum absolute atomic E-state index is 6.07. The Morgan fingerprint density at radius 1 is 1.18 bits per heavy atom. The first kappa shape index (κ1) is 9.05. The number of rotatable bonds is 2. The fourth-order valence-corrected chi connectivity index (χ4v) is 2.14. The zero-order chi connectivity index (χ0) is 8.10. The SMILES string of the molecule is CCC[C@@H]1CCCCC[C@@H]1N. The van der Waals surface area contributed by atoms with Gasteiger partial charge in [0.2, 0.25) is 0 Å². The van der Waals surface area contributed by atoms with E-state index in [2.05, 4.69) is 6.92 Å². The quantitative estimate of drug-likeness (QED) is 0.610. The summed E-state index contributed by atoms with van der Waals surface area (Å²) in [5, 5.41) is 0. The van der Waals surface area contributed by atoms with Gasteiger partial charge < -0.3 is 5.73 Å². The van der Waals surface area contributed by atoms with Crippen LogP contribution in [0.4, 0.5) is 0 Å². The van der Waals surface area contributed by atoms with E-state index >= 15 is 0 Å². The molecule has 0 heterocycles. The minimum absolute atomic E-state index is 0.512. The van der Waals surface area contributed by atoms with Gasteiger partial charge in [-0.25, -0.2) is 0 Å². The van der Waals surface area contributed by atoms with E-state index in [1.165, 1.54) is 44.9 Å². The molecule has 0 spiro atoms. The number of hydrogen-bond acceptors (Lipinski definition) is 1. The second kappa shape index (κ2) is 4.76. The summed E-state index contributed by atoms with van der Waals surface area (Å²) in [7, 11) is 0. The Hall–Kier alpha value is -0.0400. The Labute approximate surface area is 70.4 Å². The Kier molecular flexibility index (Phi) is 3.92. The molecule has 1 heteroatoms. The third-order valence-corrected chi connectivity index (χ3v) is 2.88. The van der Waals surface area contributed by atoms with Crippen molar-refractivity contribution < 1.29 is 0 Å². The van der Waals surface area contributed by atoms with Gasteiger partial charge in [0.15, 0.2) is 0 Å². The predicted octanol–water partition coefficient (Wildman–Crippen LogP) is 2.69. The van der Waals surface area contributed by atoms with E-state index in [9.17, 15) is 0 Å². The van der Waals surface area contributed by atoms with Crippen LogP contribution in [0.3, 0.4) is 0 Å². The molecule has 0 aromatic rings. The molecule has 1 aliphatic rings. The van der Waals surface area contributed by atoms with Gasteiger partial charge in [-0.05, 0) is 25.2 Å². The van der Waals surface area contributed by atoms with Crippen LogP contribution in [0.1, 0.15) is 51.9 Å². The summed E-state index contributed by atoms with van der Waals surface area (Å²) < 4.78 is 0. The van der Waals surface area contributed by atoms with E-state index in [4.69, 9.17) is 5.73 Å². The fourth-order valence-electron chi connectivity index (χ4n) is 2.14. The van der Waals surface area contributed by atoms with Gasteiger partial charge in [0.05, 0.1) is 0 Å². The Morgan fingerprint density at radius 3 is 2.64 bits per heavy atom. The monoisotopic (exact) mass is 155 g/mol. The molecule has 1 nitrogen and oxygen atoms in total. The molecule has 0 saturated heterocycles. The van der Waals surface area contributed by atoms with Gasteiger partial charge in [0, 0.05) is 6.04 Å². The van der Waals surface area contributed by atoms with Crippen LogP contribution in [0.5, 0.6) is 0 Å². The van der Waals surface area contributed by atoms with E-state index in [1.807, 2.05) is 0 Å². The van der Waals surface area contributed by atoms with E-state index in [1.54, 1.807) is 0 Å². The third kappa shape index (κ3) is 2.82. The molecule has 0 radical (unpaired) electrons. The smallest absolute Gasteiger partial charge is 0.00671 e. The molecule has 0 bridgehead atoms. The van der Waals surface area contributed by atoms with E-state index in [-0.39, 0.29) is 0 Å². The molecular weight excluding hydrogens is 134 g/mol. The first-order valence-corrected chi connectivity index (χ1v) is 5.10. The van der Waals surface area contributed by atoms with Crippen molar-refractivity contribution in [3.05, 3.63) is 0 Å². The molecule has 0 aromatic heterocycles. The van der Waals surface area contributed by atoms with Crippen LogP contribution < -0.4 is 5.73 Å². The van der Waals surface area contributed by atoms with Gasteiger partial charge >= 0.3 is 0 Å². The maximum Gasteiger partial charge on any atom is 0.00671 e. The summed E-state index contributed by atoms with van der Waals surface area (Å²) in [6.45, 7) is 2.26. The highest BCUT2D eigenvalue weighted by atomic mass is 14.6. The topological polar surface area (TPSA) is 26.0 Å². The Morgan fingerprint density at radius 2 is 1.91 bits per heavy atom. The van der Waals surface area contributed by atoms with Crippen LogP contribution in [0.2, 0.25) is 0 Å². The predicted molar refractivity (Wildman–Crippen MR) is 49.5 cm³/mol. The van der Waals surface area contributed by atoms with E-state index in [0.29, 0.717) is 6.04 Å². The third-order valence-electron chi connectivity index (χ3n) is 2.88. The van der Waals surface area contributed by atoms with E-state index in [0.717, 1.165) is 5.92 Å². The molecule has 1 aliphatic carbocycles. The highest BCUT2D eigenvalue weighted by molar-refractivity contribution is 4.75. The molecule has 0 amide bonds. The lowest BCUT2D eigenvalue weighted by atomic mass is 9.91. The average Bonchev–Trinajstić information content (AvgIpc) is 2.18. The Balaban J connectivity index is 2.32. The lowest BCUT2D eigenvalue weighted by Crippen LogP contribution is -2.28. The summed E-state index contributed by atoms with van der Waals surface area (Å²) >= 11 is 0. The second-order valence-electron chi connectivity index (χ2n) is 3.85. The van der Waals surface area contributed by atoms with Crippen molar-refractivity contribution in [1.82, 2.24) is 0 Å². The normalized spacial score (nSPS) is 33.3. The summed E-state index contributed by atoms with van der Waals surface area (Å²) in [5.41, 5.74) is 6.07. The first-order chi connectivity index (χ1) is 5.34. The molecule has 66 valence electrons. The van der Waals surface area contributed by atoms with Crippen LogP contribution in [0.25, 0.3) is 0 Å². The minimum atomic E-state index is 0.512. The van der Waals surface area contributed by atoms with Crippen molar-refractivity contribution in [1.29, 1.82) is 0 Å². The minimum Gasteiger partial charge on any atom is -0.327 e. The van der Waals surface area contributed by atoms with Crippen LogP contribution in [-0.2, 0) is 0 Å². The maximum atomic E-state index is 6.07. The molecule has 11 heavy (non-hydrogen) atoms. The largest absolute Gasteiger partial charge is 0.327 e. The summed E-state index contributed by atoms with van der Waals surface area (Å²) in [4.78, 5) is 0. The zero-order valence-electron chi connectivity index (χ0n) is 7.68. The highest BCUT2D eigenvalue weighted by Crippen LogP contribution is 2.25. The van der Waals surface area contributed by atoms with Gasteiger partial charge in [-0.1, -0.05) is 32.6 Å². The van der Waals surface area contributed by atoms with Crippen LogP contribution >= 0.6 is 0 Å². The Bertz CT molecular complexity index is 101. The van der Waals surface area contributed by atoms with Crippen molar-refractivity contribution in [3.8, 4) is 0 Å². The van der Waals surface area contributed by atoms with Crippen molar-refractivity contribution >= 4 is 0 Å². The number of hydrogen-bond donors (Lipinski definition) is 1. The lowest BCUT2D eigenvalue weighted by molar-refractivity contribution is 0.369. The van der Waals surface area contributed by atoms with Crippen LogP contribution in [0, 0.1) is 5.92 Å². The average molecular weight is 155 g/mol. The summed E-state index contributed by atoms with van der Waals surface area (Å²) in [5.74, 6) is 0.836. The van der Waals surface area contributed by atoms with Crippen LogP contribution in [0.15, 0.2) is 0 Å². The van der Waals surface area contributed by atoms with Crippen molar-refractivity contribution in [2.75, 3.05) is 0 Å². The lowest BCUT2D eigenvalue weighted by Gasteiger charge is -2.20. The zero-order valence-corrected chi connectivity index (χ0v) is 7.68. The standard InChI is InChI=1S/C10H21N/c1-2-6-9-7-4-3-5-8-10(9)11/h9-10H,2-8,11H2,1H3/t9-,10+/m1/s1. The van der Waals surface area contributed by atoms with Gasteiger partial charge in [-0.3, -0.25) is 0 Å². The highest BCUT2D eigenvalue weighted by Gasteiger charge is 2.18. The molecule has 2 N–H and O–H groups in total. The number of nitrogens with two attached hydrogens (primary N) is 1. The summed E-state index contributed by atoms with van der Waals surface area (Å²) in [6.07, 6.45) is 9.49. The molecule has 0 unspecified atom stereocenters. The van der Waals surface area contributed by atoms with Gasteiger partial charge in [0.1, 0.15) is 0 Å². The van der Waals surface area contributed by atoms with Crippen molar-refractivity contribution in [2.24, 2.45) is 11.7 Å². The second-order valence-corrected chi connectivity index (χ2v) is 3.85. The molecule has 1 fully saturated rings. The first-order valence-electron chi connectivity index (χ1n) is 5.10. The fraction of sp³-hybridized carbons (Fsp3) is 1.00.